The molecule has 2 saturated heterocycles. The fraction of sp³-hybridized carbons (Fsp3) is 0.550. The van der Waals surface area contributed by atoms with Crippen LogP contribution in [-0.4, -0.2) is 70.4 Å². The summed E-state index contributed by atoms with van der Waals surface area (Å²) in [6.45, 7) is 4.74. The molecule has 3 rings (SSSR count). The number of amides is 2. The molecule has 2 aliphatic heterocycles. The number of benzene rings is 1. The molecule has 33 heavy (non-hydrogen) atoms. The summed E-state index contributed by atoms with van der Waals surface area (Å²) in [5.74, 6) is -0.980. The van der Waals surface area contributed by atoms with E-state index in [0.717, 1.165) is 0 Å². The Morgan fingerprint density at radius 3 is 2.45 bits per heavy atom. The Labute approximate surface area is 194 Å². The van der Waals surface area contributed by atoms with E-state index in [1.807, 2.05) is 0 Å². The monoisotopic (exact) mass is 482 g/mol. The zero-order valence-electron chi connectivity index (χ0n) is 18.8. The summed E-state index contributed by atoms with van der Waals surface area (Å²) in [6.07, 6.45) is -1.42. The summed E-state index contributed by atoms with van der Waals surface area (Å²) in [6, 6.07) is 4.48. The number of likely N-dealkylation sites (N-methyl/N-ethyl adjacent to an activating group) is 1. The molecule has 0 bridgehead atoms. The highest BCUT2D eigenvalue weighted by Crippen LogP contribution is 2.51. The number of β-lactam (4-membered cyclic amide) rings is 1. The third-order valence-corrected chi connectivity index (χ3v) is 7.05. The molecule has 2 unspecified atom stereocenters. The largest absolute Gasteiger partial charge is 0.497 e. The van der Waals surface area contributed by atoms with Gasteiger partial charge in [0.05, 0.1) is 7.11 Å². The van der Waals surface area contributed by atoms with Gasteiger partial charge in [0.1, 0.15) is 29.2 Å². The van der Waals surface area contributed by atoms with Crippen LogP contribution in [0.3, 0.4) is 0 Å². The Kier molecular flexibility index (Phi) is 7.03. The first-order chi connectivity index (χ1) is 15.5. The van der Waals surface area contributed by atoms with Gasteiger partial charge in [0, 0.05) is 4.75 Å². The predicted molar refractivity (Wildman–Crippen MR) is 116 cm³/mol. The van der Waals surface area contributed by atoms with E-state index >= 15 is 0 Å². The van der Waals surface area contributed by atoms with Crippen LogP contribution in [-0.2, 0) is 24.0 Å². The lowest BCUT2D eigenvalue weighted by Gasteiger charge is -2.44. The minimum absolute atomic E-state index is 0.391. The fourth-order valence-corrected chi connectivity index (χ4v) is 5.60. The molecule has 13 heteroatoms. The molecule has 2 heterocycles. The molecule has 2 amide bonds. The van der Waals surface area contributed by atoms with Gasteiger partial charge in [-0.3, -0.25) is 14.4 Å². The molecular formula is C20H26N4O8S. The molecule has 12 nitrogen and oxygen atoms in total. The third-order valence-electron chi connectivity index (χ3n) is 5.48. The van der Waals surface area contributed by atoms with E-state index in [1.165, 1.54) is 23.6 Å². The highest BCUT2D eigenvalue weighted by molar-refractivity contribution is 8.01. The zero-order valence-corrected chi connectivity index (χ0v) is 19.6. The highest BCUT2D eigenvalue weighted by atomic mass is 32.2. The Morgan fingerprint density at radius 2 is 1.91 bits per heavy atom. The van der Waals surface area contributed by atoms with E-state index in [0.29, 0.717) is 11.3 Å². The quantitative estimate of drug-likeness (QED) is 0.168. The number of fused-ring (bicyclic) bond motifs is 1. The van der Waals surface area contributed by atoms with Crippen LogP contribution in [0, 0.1) is 10.1 Å². The molecule has 0 spiro atoms. The van der Waals surface area contributed by atoms with Crippen molar-refractivity contribution in [1.82, 2.24) is 15.5 Å². The summed E-state index contributed by atoms with van der Waals surface area (Å²) in [5, 5.41) is 14.6. The molecule has 0 aromatic heterocycles. The summed E-state index contributed by atoms with van der Waals surface area (Å²) in [7, 11) is 3.18. The Balaban J connectivity index is 1.69. The van der Waals surface area contributed by atoms with Gasteiger partial charge in [-0.15, -0.1) is 21.9 Å². The van der Waals surface area contributed by atoms with Gasteiger partial charge in [0.15, 0.2) is 0 Å². The number of hydrogen-bond donors (Lipinski definition) is 2. The molecular weight excluding hydrogens is 456 g/mol. The van der Waals surface area contributed by atoms with Crippen molar-refractivity contribution in [3.8, 4) is 5.75 Å². The summed E-state index contributed by atoms with van der Waals surface area (Å²) in [5.41, 5.74) is 0.695. The molecule has 2 fully saturated rings. The van der Waals surface area contributed by atoms with Gasteiger partial charge in [-0.2, -0.15) is 0 Å². The number of methoxy groups -OCH3 is 1. The maximum Gasteiger partial charge on any atom is 0.332 e. The lowest BCUT2D eigenvalue weighted by molar-refractivity contribution is -0.777. The van der Waals surface area contributed by atoms with Gasteiger partial charge in [-0.05, 0) is 45.5 Å². The van der Waals surface area contributed by atoms with Crippen LogP contribution >= 0.6 is 11.8 Å². The topological polar surface area (TPSA) is 149 Å². The zero-order chi connectivity index (χ0) is 24.5. The molecule has 1 aromatic carbocycles. The predicted octanol–water partition coefficient (Wildman–Crippen LogP) is 0.600. The maximum absolute atomic E-state index is 12.9. The van der Waals surface area contributed by atoms with Crippen LogP contribution in [0.2, 0.25) is 0 Å². The number of thioether (sulfide) groups is 1. The number of nitrogens with zero attached hydrogens (tertiary/aromatic N) is 2. The number of esters is 1. The van der Waals surface area contributed by atoms with Gasteiger partial charge in [-0.25, -0.2) is 4.79 Å². The van der Waals surface area contributed by atoms with E-state index in [1.54, 1.807) is 52.3 Å². The summed E-state index contributed by atoms with van der Waals surface area (Å²) >= 11 is 1.35. The third kappa shape index (κ3) is 4.83. The Hall–Kier alpha value is -3.06. The lowest BCUT2D eigenvalue weighted by atomic mass is 9.95. The fourth-order valence-electron chi connectivity index (χ4n) is 3.98. The van der Waals surface area contributed by atoms with E-state index < -0.39 is 57.4 Å². The van der Waals surface area contributed by atoms with Gasteiger partial charge < -0.3 is 25.0 Å². The normalized spacial score (nSPS) is 24.7. The van der Waals surface area contributed by atoms with Crippen LogP contribution in [0.1, 0.15) is 32.4 Å². The molecule has 5 atom stereocenters. The first-order valence-corrected chi connectivity index (χ1v) is 11.0. The first kappa shape index (κ1) is 24.6. The molecule has 180 valence electrons. The maximum atomic E-state index is 12.9. The Morgan fingerprint density at radius 1 is 1.27 bits per heavy atom. The number of carbonyl (C=O) groups excluding carboxylic acids is 3. The van der Waals surface area contributed by atoms with Crippen molar-refractivity contribution < 1.29 is 33.8 Å². The van der Waals surface area contributed by atoms with Crippen LogP contribution in [0.5, 0.6) is 5.75 Å². The molecule has 2 aliphatic rings. The van der Waals surface area contributed by atoms with Crippen molar-refractivity contribution in [2.24, 2.45) is 0 Å². The average molecular weight is 483 g/mol. The van der Waals surface area contributed by atoms with Crippen LogP contribution in [0.15, 0.2) is 24.3 Å². The smallest absolute Gasteiger partial charge is 0.332 e. The van der Waals surface area contributed by atoms with Crippen molar-refractivity contribution in [3.05, 3.63) is 39.9 Å². The van der Waals surface area contributed by atoms with Gasteiger partial charge in [0.2, 0.25) is 18.1 Å². The summed E-state index contributed by atoms with van der Waals surface area (Å²) in [4.78, 5) is 54.5. The molecule has 2 N–H and O–H groups in total. The number of rotatable bonds is 9. The van der Waals surface area contributed by atoms with Crippen molar-refractivity contribution in [2.45, 2.75) is 55.3 Å². The second kappa shape index (κ2) is 9.43. The number of hydrogen-bond acceptors (Lipinski definition) is 10. The average Bonchev–Trinajstić information content (AvgIpc) is 3.00. The standard InChI is InChI=1S/C20H26N4O8S/c1-10(32-24(28)29)31-19(27)15-20(2,3)33-18-14(17(26)23(15)18)22-16(25)13(21-4)11-6-8-12(30-5)9-7-11/h6-10,13-15,18,21H,1-5H3,(H,22,25)/t10?,13-,14-,15?,18-/m1/s1. The van der Waals surface area contributed by atoms with Crippen molar-refractivity contribution in [2.75, 3.05) is 14.2 Å². The van der Waals surface area contributed by atoms with Crippen LogP contribution in [0.4, 0.5) is 0 Å². The SMILES string of the molecule is CN[C@@H](C(=O)N[C@@H]1C(=O)N2C(C(=O)OC(C)O[N+](=O)[O-])C(C)(C)S[C@H]12)c1ccc(OC)cc1. The Bertz CT molecular complexity index is 940. The number of carbonyl (C=O) groups is 3. The van der Waals surface area contributed by atoms with E-state index in [4.69, 9.17) is 9.47 Å². The van der Waals surface area contributed by atoms with Crippen molar-refractivity contribution >= 4 is 29.5 Å². The molecule has 0 aliphatic carbocycles. The van der Waals surface area contributed by atoms with Gasteiger partial charge in [0.25, 0.3) is 5.09 Å². The minimum atomic E-state index is -1.42. The van der Waals surface area contributed by atoms with Crippen LogP contribution in [0.25, 0.3) is 0 Å². The first-order valence-electron chi connectivity index (χ1n) is 10.1. The van der Waals surface area contributed by atoms with E-state index in [2.05, 4.69) is 15.5 Å². The minimum Gasteiger partial charge on any atom is -0.497 e. The van der Waals surface area contributed by atoms with E-state index in [9.17, 15) is 24.5 Å². The van der Waals surface area contributed by atoms with Gasteiger partial charge in [-0.1, -0.05) is 12.1 Å². The number of nitrogens with one attached hydrogen (secondary N) is 2. The molecule has 0 radical (unpaired) electrons. The van der Waals surface area contributed by atoms with Crippen LogP contribution < -0.4 is 15.4 Å². The molecule has 0 saturated carbocycles. The second-order valence-corrected chi connectivity index (χ2v) is 9.85. The number of ether oxygens (including phenoxy) is 2. The van der Waals surface area contributed by atoms with Crippen molar-refractivity contribution in [1.29, 1.82) is 0 Å². The summed E-state index contributed by atoms with van der Waals surface area (Å²) < 4.78 is 9.40. The lowest BCUT2D eigenvalue weighted by Crippen LogP contribution is -2.71. The van der Waals surface area contributed by atoms with E-state index in [-0.39, 0.29) is 0 Å². The second-order valence-electron chi connectivity index (χ2n) is 8.07. The van der Waals surface area contributed by atoms with Gasteiger partial charge >= 0.3 is 5.97 Å². The molecule has 1 aromatic rings. The van der Waals surface area contributed by atoms with Crippen molar-refractivity contribution in [3.63, 3.8) is 0 Å². The highest BCUT2D eigenvalue weighted by Gasteiger charge is 2.64.